The van der Waals surface area contributed by atoms with Crippen LogP contribution in [0, 0.1) is 0 Å². The molecule has 3 aliphatic rings. The number of thiazole rings is 1. The Morgan fingerprint density at radius 1 is 1.21 bits per heavy atom. The van der Waals surface area contributed by atoms with Gasteiger partial charge in [-0.1, -0.05) is 31.4 Å². The smallest absolute Gasteiger partial charge is 0.318 e. The van der Waals surface area contributed by atoms with Gasteiger partial charge in [-0.3, -0.25) is 10.2 Å². The van der Waals surface area contributed by atoms with E-state index in [1.165, 1.54) is 30.6 Å². The Balaban J connectivity index is 1.43. The van der Waals surface area contributed by atoms with Crippen molar-refractivity contribution in [1.82, 2.24) is 14.8 Å². The van der Waals surface area contributed by atoms with Gasteiger partial charge in [-0.2, -0.15) is 0 Å². The summed E-state index contributed by atoms with van der Waals surface area (Å²) in [5, 5.41) is 3.51. The highest BCUT2D eigenvalue weighted by Crippen LogP contribution is 2.31. The van der Waals surface area contributed by atoms with Crippen molar-refractivity contribution >= 4 is 35.1 Å². The van der Waals surface area contributed by atoms with Crippen molar-refractivity contribution in [1.29, 1.82) is 0 Å². The van der Waals surface area contributed by atoms with Gasteiger partial charge in [-0.15, -0.1) is 11.3 Å². The SMILES string of the molecule is [B]c1cnc(NC(=O)N(C2CCCCC2)C2CCN(C3CC=CC=C3F)CC2)s1. The largest absolute Gasteiger partial charge is 0.324 e. The monoisotopic (exact) mass is 414 g/mol. The highest BCUT2D eigenvalue weighted by Gasteiger charge is 2.36. The highest BCUT2D eigenvalue weighted by atomic mass is 32.1. The molecule has 2 aliphatic carbocycles. The Morgan fingerprint density at radius 3 is 2.59 bits per heavy atom. The number of anilines is 1. The van der Waals surface area contributed by atoms with Gasteiger partial charge in [0, 0.05) is 31.4 Å². The van der Waals surface area contributed by atoms with Gasteiger partial charge in [-0.05, 0) is 43.0 Å². The van der Waals surface area contributed by atoms with Crippen LogP contribution in [0.4, 0.5) is 14.3 Å². The van der Waals surface area contributed by atoms with Crippen molar-refractivity contribution in [3.8, 4) is 0 Å². The number of piperidine rings is 1. The first-order chi connectivity index (χ1) is 14.1. The van der Waals surface area contributed by atoms with Crippen molar-refractivity contribution < 1.29 is 9.18 Å². The van der Waals surface area contributed by atoms with Crippen LogP contribution in [-0.2, 0) is 0 Å². The molecule has 0 bridgehead atoms. The van der Waals surface area contributed by atoms with Gasteiger partial charge in [0.05, 0.1) is 6.04 Å². The Bertz CT molecular complexity index is 768. The average molecular weight is 414 g/mol. The molecule has 1 saturated heterocycles. The number of nitrogens with zero attached hydrogens (tertiary/aromatic N) is 3. The number of urea groups is 1. The van der Waals surface area contributed by atoms with Crippen molar-refractivity contribution in [2.24, 2.45) is 0 Å². The van der Waals surface area contributed by atoms with E-state index in [1.54, 1.807) is 18.3 Å². The van der Waals surface area contributed by atoms with Crippen LogP contribution in [0.3, 0.4) is 0 Å². The van der Waals surface area contributed by atoms with Crippen molar-refractivity contribution in [2.75, 3.05) is 18.4 Å². The molecule has 2 radical (unpaired) electrons. The lowest BCUT2D eigenvalue weighted by molar-refractivity contribution is 0.0734. The van der Waals surface area contributed by atoms with E-state index < -0.39 is 0 Å². The molecule has 0 aromatic carbocycles. The number of carbonyl (C=O) groups is 1. The number of allylic oxidation sites excluding steroid dienone is 2. The molecule has 154 valence electrons. The molecular formula is C21H28BFN4OS. The lowest BCUT2D eigenvalue weighted by atomic mass is 9.91. The quantitative estimate of drug-likeness (QED) is 0.764. The van der Waals surface area contributed by atoms with E-state index in [2.05, 4.69) is 20.1 Å². The second-order valence-corrected chi connectivity index (χ2v) is 9.26. The number of nitrogens with one attached hydrogen (secondary N) is 1. The molecular weight excluding hydrogens is 386 g/mol. The van der Waals surface area contributed by atoms with Crippen LogP contribution >= 0.6 is 11.3 Å². The zero-order valence-corrected chi connectivity index (χ0v) is 17.5. The van der Waals surface area contributed by atoms with Crippen LogP contribution in [0.5, 0.6) is 0 Å². The normalized spacial score (nSPS) is 24.3. The van der Waals surface area contributed by atoms with Gasteiger partial charge >= 0.3 is 6.03 Å². The predicted octanol–water partition coefficient (Wildman–Crippen LogP) is 3.75. The maximum Gasteiger partial charge on any atom is 0.324 e. The van der Waals surface area contributed by atoms with Crippen molar-refractivity contribution in [2.45, 2.75) is 69.5 Å². The standard InChI is InChI=1S/C21H28BFN4OS/c22-19-14-24-20(29-19)25-21(28)27(15-6-2-1-3-7-15)16-10-12-26(13-11-16)18-9-5-4-8-17(18)23/h4-5,8,14-16,18H,1-3,6-7,9-13H2,(H,24,25,28). The fraction of sp³-hybridized carbons (Fsp3) is 0.619. The number of hydrogen-bond donors (Lipinski definition) is 1. The number of carbonyl (C=O) groups excluding carboxylic acids is 1. The van der Waals surface area contributed by atoms with Crippen molar-refractivity contribution in [3.63, 3.8) is 0 Å². The van der Waals surface area contributed by atoms with Crippen LogP contribution < -0.4 is 10.1 Å². The number of amides is 2. The Labute approximate surface area is 177 Å². The predicted molar refractivity (Wildman–Crippen MR) is 117 cm³/mol. The topological polar surface area (TPSA) is 48.5 Å². The molecule has 1 atom stereocenters. The summed E-state index contributed by atoms with van der Waals surface area (Å²) in [5.74, 6) is -0.0470. The van der Waals surface area contributed by atoms with Gasteiger partial charge in [-0.25, -0.2) is 14.2 Å². The van der Waals surface area contributed by atoms with E-state index >= 15 is 0 Å². The van der Waals surface area contributed by atoms with Crippen LogP contribution in [0.25, 0.3) is 0 Å². The van der Waals surface area contributed by atoms with E-state index in [0.717, 1.165) is 45.2 Å². The number of likely N-dealkylation sites (tertiary alicyclic amines) is 1. The zero-order valence-electron chi connectivity index (χ0n) is 16.7. The van der Waals surface area contributed by atoms with E-state index in [-0.39, 0.29) is 30.0 Å². The summed E-state index contributed by atoms with van der Waals surface area (Å²) in [6.45, 7) is 1.62. The Kier molecular flexibility index (Phi) is 6.70. The van der Waals surface area contributed by atoms with E-state index in [1.807, 2.05) is 6.08 Å². The third-order valence-corrected chi connectivity index (χ3v) is 7.08. The van der Waals surface area contributed by atoms with E-state index in [0.29, 0.717) is 9.91 Å². The van der Waals surface area contributed by atoms with Crippen LogP contribution in [0.15, 0.2) is 30.3 Å². The molecule has 2 amide bonds. The van der Waals surface area contributed by atoms with Gasteiger partial charge in [0.1, 0.15) is 13.7 Å². The molecule has 1 N–H and O–H groups in total. The van der Waals surface area contributed by atoms with Crippen molar-refractivity contribution in [3.05, 3.63) is 30.3 Å². The molecule has 8 heteroatoms. The molecule has 1 unspecified atom stereocenters. The van der Waals surface area contributed by atoms with Gasteiger partial charge in [0.15, 0.2) is 5.13 Å². The van der Waals surface area contributed by atoms with Gasteiger partial charge < -0.3 is 4.90 Å². The minimum Gasteiger partial charge on any atom is -0.318 e. The molecule has 2 fully saturated rings. The van der Waals surface area contributed by atoms with Crippen LogP contribution in [-0.4, -0.2) is 59.9 Å². The zero-order chi connectivity index (χ0) is 20.2. The minimum atomic E-state index is -0.142. The first-order valence-corrected chi connectivity index (χ1v) is 11.5. The van der Waals surface area contributed by atoms with Gasteiger partial charge in [0.2, 0.25) is 0 Å². The number of halogens is 1. The summed E-state index contributed by atoms with van der Waals surface area (Å²) in [7, 11) is 5.76. The summed E-state index contributed by atoms with van der Waals surface area (Å²) in [5.41, 5.74) is 0. The molecule has 1 aromatic rings. The number of hydrogen-bond acceptors (Lipinski definition) is 4. The fourth-order valence-electron chi connectivity index (χ4n) is 4.88. The minimum absolute atomic E-state index is 0.0470. The summed E-state index contributed by atoms with van der Waals surface area (Å²) >= 11 is 1.29. The summed E-state index contributed by atoms with van der Waals surface area (Å²) < 4.78 is 14.8. The van der Waals surface area contributed by atoms with Crippen LogP contribution in [0.1, 0.15) is 51.4 Å². The second kappa shape index (κ2) is 9.43. The molecule has 2 heterocycles. The second-order valence-electron chi connectivity index (χ2n) is 8.20. The summed E-state index contributed by atoms with van der Waals surface area (Å²) in [6, 6.07) is 0.234. The third kappa shape index (κ3) is 4.91. The molecule has 5 nitrogen and oxygen atoms in total. The van der Waals surface area contributed by atoms with Crippen LogP contribution in [0.2, 0.25) is 0 Å². The Hall–Kier alpha value is -1.67. The highest BCUT2D eigenvalue weighted by molar-refractivity contribution is 7.23. The number of aromatic nitrogens is 1. The van der Waals surface area contributed by atoms with E-state index in [9.17, 15) is 9.18 Å². The fourth-order valence-corrected chi connectivity index (χ4v) is 5.45. The first kappa shape index (κ1) is 20.6. The average Bonchev–Trinajstić information content (AvgIpc) is 3.14. The molecule has 1 saturated carbocycles. The molecule has 4 rings (SSSR count). The molecule has 29 heavy (non-hydrogen) atoms. The maximum absolute atomic E-state index is 14.2. The summed E-state index contributed by atoms with van der Waals surface area (Å²) in [6.07, 6.45) is 15.1. The Morgan fingerprint density at radius 2 is 1.93 bits per heavy atom. The first-order valence-electron chi connectivity index (χ1n) is 10.7. The maximum atomic E-state index is 14.2. The molecule has 1 aliphatic heterocycles. The summed E-state index contributed by atoms with van der Waals surface area (Å²) in [4.78, 5) is 21.7. The molecule has 0 spiro atoms. The lowest BCUT2D eigenvalue weighted by Gasteiger charge is -2.45. The van der Waals surface area contributed by atoms with E-state index in [4.69, 9.17) is 7.85 Å². The third-order valence-electron chi connectivity index (χ3n) is 6.34. The number of rotatable bonds is 4. The van der Waals surface area contributed by atoms with Gasteiger partial charge in [0.25, 0.3) is 0 Å². The molecule has 1 aromatic heterocycles. The lowest BCUT2D eigenvalue weighted by Crippen LogP contribution is -2.54.